The van der Waals surface area contributed by atoms with Crippen LogP contribution in [-0.4, -0.2) is 39.4 Å². The number of hydrogen-bond acceptors (Lipinski definition) is 3. The van der Waals surface area contributed by atoms with Gasteiger partial charge in [-0.1, -0.05) is 37.3 Å². The molecular formula is C13H23N3O2S. The molecule has 0 unspecified atom stereocenters. The molecule has 0 atom stereocenters. The van der Waals surface area contributed by atoms with Gasteiger partial charge in [0.25, 0.3) is 10.2 Å². The lowest BCUT2D eigenvalue weighted by atomic mass is 10.2. The molecule has 0 saturated heterocycles. The third-order valence-corrected chi connectivity index (χ3v) is 4.19. The molecule has 0 aromatic heterocycles. The smallest absolute Gasteiger partial charge is 0.279 e. The second kappa shape index (κ2) is 8.27. The summed E-state index contributed by atoms with van der Waals surface area (Å²) in [4.78, 5) is 0. The van der Waals surface area contributed by atoms with Gasteiger partial charge in [0.15, 0.2) is 0 Å². The molecule has 1 rings (SSSR count). The molecule has 1 aromatic carbocycles. The molecule has 0 spiro atoms. The van der Waals surface area contributed by atoms with Crippen molar-refractivity contribution in [1.29, 1.82) is 0 Å². The summed E-state index contributed by atoms with van der Waals surface area (Å²) in [7, 11) is -1.82. The van der Waals surface area contributed by atoms with Crippen LogP contribution in [-0.2, 0) is 16.8 Å². The summed E-state index contributed by atoms with van der Waals surface area (Å²) in [5.74, 6) is 0. The highest BCUT2D eigenvalue weighted by Crippen LogP contribution is 2.05. The van der Waals surface area contributed by atoms with Gasteiger partial charge in [0.1, 0.15) is 0 Å². The molecule has 6 heteroatoms. The third kappa shape index (κ3) is 6.15. The first-order chi connectivity index (χ1) is 9.06. The Hall–Kier alpha value is -0.950. The molecule has 0 fully saturated rings. The summed E-state index contributed by atoms with van der Waals surface area (Å²) in [5, 5.41) is 3.15. The summed E-state index contributed by atoms with van der Waals surface area (Å²) in [6, 6.07) is 9.54. The molecule has 108 valence electrons. The van der Waals surface area contributed by atoms with E-state index >= 15 is 0 Å². The Morgan fingerprint density at radius 1 is 1.11 bits per heavy atom. The van der Waals surface area contributed by atoms with E-state index < -0.39 is 10.2 Å². The number of benzene rings is 1. The molecule has 0 saturated carbocycles. The number of rotatable bonds is 9. The molecule has 0 radical (unpaired) electrons. The molecule has 0 aliphatic carbocycles. The summed E-state index contributed by atoms with van der Waals surface area (Å²) in [6.45, 7) is 4.40. The van der Waals surface area contributed by atoms with Crippen LogP contribution in [0.3, 0.4) is 0 Å². The minimum Gasteiger partial charge on any atom is -0.315 e. The van der Waals surface area contributed by atoms with Gasteiger partial charge in [-0.25, -0.2) is 4.72 Å². The Morgan fingerprint density at radius 3 is 2.42 bits per heavy atom. The van der Waals surface area contributed by atoms with Crippen LogP contribution in [0.15, 0.2) is 30.3 Å². The molecular weight excluding hydrogens is 262 g/mol. The van der Waals surface area contributed by atoms with E-state index in [4.69, 9.17) is 0 Å². The van der Waals surface area contributed by atoms with E-state index in [1.54, 1.807) is 7.05 Å². The molecule has 19 heavy (non-hydrogen) atoms. The number of nitrogens with zero attached hydrogens (tertiary/aromatic N) is 1. The maximum absolute atomic E-state index is 12.0. The van der Waals surface area contributed by atoms with E-state index in [0.717, 1.165) is 18.5 Å². The van der Waals surface area contributed by atoms with Crippen molar-refractivity contribution < 1.29 is 8.42 Å². The van der Waals surface area contributed by atoms with Crippen molar-refractivity contribution in [2.24, 2.45) is 0 Å². The van der Waals surface area contributed by atoms with E-state index in [0.29, 0.717) is 19.6 Å². The van der Waals surface area contributed by atoms with Gasteiger partial charge < -0.3 is 5.32 Å². The van der Waals surface area contributed by atoms with Gasteiger partial charge in [-0.05, 0) is 18.5 Å². The van der Waals surface area contributed by atoms with Crippen molar-refractivity contribution in [2.45, 2.75) is 19.9 Å². The lowest BCUT2D eigenvalue weighted by Crippen LogP contribution is -2.40. The fourth-order valence-electron chi connectivity index (χ4n) is 1.61. The van der Waals surface area contributed by atoms with Gasteiger partial charge in [0, 0.05) is 26.7 Å². The standard InChI is InChI=1S/C13H23N3O2S/c1-3-9-14-10-11-15-19(17,18)16(2)12-13-7-5-4-6-8-13/h4-8,14-15H,3,9-12H2,1-2H3. The Labute approximate surface area is 116 Å². The van der Waals surface area contributed by atoms with Crippen LogP contribution in [0.25, 0.3) is 0 Å². The Morgan fingerprint density at radius 2 is 1.79 bits per heavy atom. The van der Waals surface area contributed by atoms with Crippen LogP contribution < -0.4 is 10.0 Å². The van der Waals surface area contributed by atoms with Gasteiger partial charge in [0.05, 0.1) is 0 Å². The first-order valence-electron chi connectivity index (χ1n) is 6.52. The quantitative estimate of drug-likeness (QED) is 0.664. The van der Waals surface area contributed by atoms with E-state index in [-0.39, 0.29) is 0 Å². The zero-order valence-electron chi connectivity index (χ0n) is 11.6. The fourth-order valence-corrected chi connectivity index (χ4v) is 2.51. The molecule has 0 heterocycles. The lowest BCUT2D eigenvalue weighted by molar-refractivity contribution is 0.454. The Bertz CT molecular complexity index is 448. The SMILES string of the molecule is CCCNCCNS(=O)(=O)N(C)Cc1ccccc1. The first kappa shape index (κ1) is 16.1. The molecule has 0 bridgehead atoms. The van der Waals surface area contributed by atoms with Gasteiger partial charge in [-0.2, -0.15) is 12.7 Å². The van der Waals surface area contributed by atoms with Gasteiger partial charge in [-0.3, -0.25) is 0 Å². The van der Waals surface area contributed by atoms with Gasteiger partial charge in [0.2, 0.25) is 0 Å². The average molecular weight is 285 g/mol. The normalized spacial score (nSPS) is 11.9. The maximum Gasteiger partial charge on any atom is 0.279 e. The molecule has 0 aliphatic heterocycles. The van der Waals surface area contributed by atoms with Crippen molar-refractivity contribution >= 4 is 10.2 Å². The van der Waals surface area contributed by atoms with E-state index in [1.165, 1.54) is 4.31 Å². The van der Waals surface area contributed by atoms with Crippen LogP contribution in [0, 0.1) is 0 Å². The highest BCUT2D eigenvalue weighted by molar-refractivity contribution is 7.87. The van der Waals surface area contributed by atoms with Crippen LogP contribution in [0.4, 0.5) is 0 Å². The first-order valence-corrected chi connectivity index (χ1v) is 7.96. The third-order valence-electron chi connectivity index (χ3n) is 2.67. The molecule has 1 aromatic rings. The predicted octanol–water partition coefficient (Wildman–Crippen LogP) is 0.952. The summed E-state index contributed by atoms with van der Waals surface area (Å²) in [6.07, 6.45) is 1.04. The highest BCUT2D eigenvalue weighted by Gasteiger charge is 2.16. The summed E-state index contributed by atoms with van der Waals surface area (Å²) in [5.41, 5.74) is 0.972. The largest absolute Gasteiger partial charge is 0.315 e. The minimum absolute atomic E-state index is 0.374. The van der Waals surface area contributed by atoms with Gasteiger partial charge in [-0.15, -0.1) is 0 Å². The van der Waals surface area contributed by atoms with Crippen molar-refractivity contribution in [2.75, 3.05) is 26.7 Å². The Balaban J connectivity index is 2.39. The zero-order valence-corrected chi connectivity index (χ0v) is 12.4. The molecule has 5 nitrogen and oxygen atoms in total. The van der Waals surface area contributed by atoms with Crippen molar-refractivity contribution in [3.05, 3.63) is 35.9 Å². The van der Waals surface area contributed by atoms with Crippen LogP contribution in [0.5, 0.6) is 0 Å². The topological polar surface area (TPSA) is 61.4 Å². The fraction of sp³-hybridized carbons (Fsp3) is 0.538. The zero-order chi connectivity index (χ0) is 14.1. The van der Waals surface area contributed by atoms with Gasteiger partial charge >= 0.3 is 0 Å². The highest BCUT2D eigenvalue weighted by atomic mass is 32.2. The summed E-state index contributed by atoms with van der Waals surface area (Å²) >= 11 is 0. The van der Waals surface area contributed by atoms with Crippen molar-refractivity contribution in [1.82, 2.24) is 14.3 Å². The Kier molecular flexibility index (Phi) is 7.01. The van der Waals surface area contributed by atoms with E-state index in [9.17, 15) is 8.42 Å². The van der Waals surface area contributed by atoms with Crippen molar-refractivity contribution in [3.8, 4) is 0 Å². The molecule has 0 aliphatic rings. The van der Waals surface area contributed by atoms with Crippen LogP contribution in [0.2, 0.25) is 0 Å². The monoisotopic (exact) mass is 285 g/mol. The number of nitrogens with one attached hydrogen (secondary N) is 2. The lowest BCUT2D eigenvalue weighted by Gasteiger charge is -2.17. The van der Waals surface area contributed by atoms with Crippen molar-refractivity contribution in [3.63, 3.8) is 0 Å². The van der Waals surface area contributed by atoms with Crippen LogP contribution >= 0.6 is 0 Å². The molecule has 0 amide bonds. The maximum atomic E-state index is 12.0. The second-order valence-electron chi connectivity index (χ2n) is 4.39. The van der Waals surface area contributed by atoms with E-state index in [1.807, 2.05) is 30.3 Å². The predicted molar refractivity (Wildman–Crippen MR) is 78.0 cm³/mol. The van der Waals surface area contributed by atoms with E-state index in [2.05, 4.69) is 17.0 Å². The number of hydrogen-bond donors (Lipinski definition) is 2. The minimum atomic E-state index is -3.40. The second-order valence-corrected chi connectivity index (χ2v) is 6.25. The molecule has 2 N–H and O–H groups in total. The average Bonchev–Trinajstić information content (AvgIpc) is 2.39. The summed E-state index contributed by atoms with van der Waals surface area (Å²) < 4.78 is 27.8. The van der Waals surface area contributed by atoms with Crippen LogP contribution in [0.1, 0.15) is 18.9 Å².